The maximum absolute atomic E-state index is 13.2. The molecule has 0 radical (unpaired) electrons. The molecule has 2 fully saturated rings. The first kappa shape index (κ1) is 38.9. The molecule has 0 bridgehead atoms. The maximum atomic E-state index is 13.2. The molecule has 262 valence electrons. The topological polar surface area (TPSA) is 105 Å². The fraction of sp³-hybridized carbons (Fsp3) is 0.529. The van der Waals surface area contributed by atoms with Gasteiger partial charge in [-0.05, 0) is 72.3 Å². The molecule has 2 aliphatic rings. The van der Waals surface area contributed by atoms with Crippen molar-refractivity contribution in [3.8, 4) is 11.5 Å². The third-order valence-electron chi connectivity index (χ3n) is 9.62. The third kappa shape index (κ3) is 8.16. The molecular weight excluding hydrogens is 749 g/mol. The van der Waals surface area contributed by atoms with E-state index in [2.05, 4.69) is 41.5 Å². The van der Waals surface area contributed by atoms with E-state index in [1.165, 1.54) is 0 Å². The first-order chi connectivity index (χ1) is 22.3. The Kier molecular flexibility index (Phi) is 12.2. The lowest BCUT2D eigenvalue weighted by molar-refractivity contribution is -0.156. The molecule has 8 nitrogen and oxygen atoms in total. The number of carbonyl (C=O) groups is 4. The summed E-state index contributed by atoms with van der Waals surface area (Å²) in [6.45, 7) is 13.0. The first-order valence-electron chi connectivity index (χ1n) is 15.4. The Bertz CT molecular complexity index is 1520. The van der Waals surface area contributed by atoms with Crippen LogP contribution >= 0.6 is 69.6 Å². The van der Waals surface area contributed by atoms with Gasteiger partial charge in [0.25, 0.3) is 0 Å². The minimum absolute atomic E-state index is 0.0549. The van der Waals surface area contributed by atoms with Gasteiger partial charge in [-0.25, -0.2) is 19.2 Å². The Labute approximate surface area is 309 Å². The van der Waals surface area contributed by atoms with E-state index >= 15 is 0 Å². The fourth-order valence-corrected chi connectivity index (χ4v) is 8.95. The third-order valence-corrected chi connectivity index (χ3v) is 11.8. The minimum Gasteiger partial charge on any atom is -0.462 e. The molecule has 0 aromatic heterocycles. The largest absolute Gasteiger partial charge is 0.462 e. The van der Waals surface area contributed by atoms with Crippen LogP contribution in [0.15, 0.2) is 12.1 Å². The van der Waals surface area contributed by atoms with Gasteiger partial charge in [0.15, 0.2) is 11.5 Å². The van der Waals surface area contributed by atoms with Crippen LogP contribution in [0, 0.1) is 34.5 Å². The van der Waals surface area contributed by atoms with Crippen molar-refractivity contribution in [3.63, 3.8) is 0 Å². The van der Waals surface area contributed by atoms with E-state index in [1.54, 1.807) is 0 Å². The molecule has 4 rings (SSSR count). The molecule has 4 atom stereocenters. The zero-order chi connectivity index (χ0) is 35.9. The van der Waals surface area contributed by atoms with Crippen molar-refractivity contribution in [2.75, 3.05) is 13.2 Å². The highest BCUT2D eigenvalue weighted by atomic mass is 35.5. The van der Waals surface area contributed by atoms with Crippen LogP contribution in [0.1, 0.15) is 87.9 Å². The highest BCUT2D eigenvalue weighted by Gasteiger charge is 2.45. The van der Waals surface area contributed by atoms with Gasteiger partial charge in [0.2, 0.25) is 0 Å². The van der Waals surface area contributed by atoms with Crippen LogP contribution in [0.25, 0.3) is 0 Å². The Hall–Kier alpha value is -1.94. The van der Waals surface area contributed by atoms with Crippen molar-refractivity contribution in [3.05, 3.63) is 53.4 Å². The molecule has 0 aliphatic heterocycles. The smallest absolute Gasteiger partial charge is 0.423 e. The number of rotatable bonds is 10. The summed E-state index contributed by atoms with van der Waals surface area (Å²) in [6, 6.07) is 2.26. The average molecular weight is 785 g/mol. The molecule has 0 amide bonds. The van der Waals surface area contributed by atoms with Crippen molar-refractivity contribution in [2.24, 2.45) is 34.5 Å². The first-order valence-corrected chi connectivity index (χ1v) is 17.7. The summed E-state index contributed by atoms with van der Waals surface area (Å²) in [7, 11) is 0. The molecular formula is C34H36Cl6O8. The van der Waals surface area contributed by atoms with Gasteiger partial charge in [-0.1, -0.05) is 111 Å². The van der Waals surface area contributed by atoms with E-state index in [-0.39, 0.29) is 54.2 Å². The summed E-state index contributed by atoms with van der Waals surface area (Å²) >= 11 is 37.5. The lowest BCUT2D eigenvalue weighted by atomic mass is 9.55. The highest BCUT2D eigenvalue weighted by molar-refractivity contribution is 6.47. The van der Waals surface area contributed by atoms with E-state index in [0.717, 1.165) is 25.0 Å². The summed E-state index contributed by atoms with van der Waals surface area (Å²) in [4.78, 5) is 52.4. The fourth-order valence-electron chi connectivity index (χ4n) is 7.51. The van der Waals surface area contributed by atoms with Crippen LogP contribution in [-0.2, 0) is 19.1 Å². The predicted octanol–water partition coefficient (Wildman–Crippen LogP) is 10.6. The number of hydrogen-bond donors (Lipinski definition) is 0. The SMILES string of the molecule is CC1CC(C)(C)C1CCOC(=O)c1c(Cl)c(Cl)cc(Cl)c1OC(=O)C(=O)Oc1c(Cl)cc(Cl)c(Cl)c1C(=O)OCCC1C(C)CC1(C)C. The molecule has 2 aromatic rings. The minimum atomic E-state index is -1.64. The van der Waals surface area contributed by atoms with Gasteiger partial charge in [0.1, 0.15) is 11.1 Å². The van der Waals surface area contributed by atoms with Crippen LogP contribution in [-0.4, -0.2) is 37.1 Å². The van der Waals surface area contributed by atoms with Crippen molar-refractivity contribution in [2.45, 2.75) is 67.2 Å². The van der Waals surface area contributed by atoms with E-state index in [1.807, 2.05) is 0 Å². The van der Waals surface area contributed by atoms with Crippen LogP contribution in [0.4, 0.5) is 0 Å². The van der Waals surface area contributed by atoms with Gasteiger partial charge >= 0.3 is 23.9 Å². The number of hydrogen-bond acceptors (Lipinski definition) is 8. The van der Waals surface area contributed by atoms with Crippen LogP contribution in [0.2, 0.25) is 30.1 Å². The second kappa shape index (κ2) is 15.1. The second-order valence-corrected chi connectivity index (χ2v) is 16.3. The van der Waals surface area contributed by atoms with Gasteiger partial charge in [0, 0.05) is 0 Å². The van der Waals surface area contributed by atoms with Gasteiger partial charge in [0.05, 0.1) is 43.3 Å². The normalized spacial score (nSPS) is 22.2. The number of halogens is 6. The molecule has 0 heterocycles. The number of carbonyl (C=O) groups excluding carboxylic acids is 4. The Morgan fingerprint density at radius 2 is 0.958 bits per heavy atom. The molecule has 2 saturated carbocycles. The van der Waals surface area contributed by atoms with E-state index in [9.17, 15) is 19.2 Å². The second-order valence-electron chi connectivity index (χ2n) is 13.9. The van der Waals surface area contributed by atoms with Crippen LogP contribution in [0.5, 0.6) is 11.5 Å². The molecule has 0 spiro atoms. The lowest BCUT2D eigenvalue weighted by Crippen LogP contribution is -2.43. The van der Waals surface area contributed by atoms with Crippen LogP contribution in [0.3, 0.4) is 0 Å². The van der Waals surface area contributed by atoms with Gasteiger partial charge in [-0.15, -0.1) is 0 Å². The van der Waals surface area contributed by atoms with Crippen molar-refractivity contribution < 1.29 is 38.1 Å². The summed E-state index contributed by atoms with van der Waals surface area (Å²) in [5.41, 5.74) is -0.693. The molecule has 2 aliphatic carbocycles. The molecule has 4 unspecified atom stereocenters. The molecule has 2 aromatic carbocycles. The van der Waals surface area contributed by atoms with Crippen molar-refractivity contribution in [1.82, 2.24) is 0 Å². The quantitative estimate of drug-likeness (QED) is 0.101. The lowest BCUT2D eigenvalue weighted by Gasteiger charge is -2.50. The molecule has 0 N–H and O–H groups in total. The summed E-state index contributed by atoms with van der Waals surface area (Å²) in [5, 5.41) is -1.48. The van der Waals surface area contributed by atoms with Crippen LogP contribution < -0.4 is 9.47 Å². The Morgan fingerprint density at radius 3 is 1.25 bits per heavy atom. The Balaban J connectivity index is 1.50. The standard InChI is InChI=1S/C34H36Cl6O8/c1-15-13-33(3,4)17(15)7-9-45-29(41)23-25(39)19(35)11-21(37)27(23)47-31(43)32(44)48-28-22(38)12-20(36)26(40)24(28)30(42)46-10-8-18-16(2)14-34(18,5)6/h11-12,15-18H,7-10,13-14H2,1-6H3. The Morgan fingerprint density at radius 1 is 0.625 bits per heavy atom. The van der Waals surface area contributed by atoms with Gasteiger partial charge in [-0.2, -0.15) is 0 Å². The summed E-state index contributed by atoms with van der Waals surface area (Å²) < 4.78 is 21.3. The molecule has 14 heteroatoms. The van der Waals surface area contributed by atoms with Gasteiger partial charge < -0.3 is 18.9 Å². The maximum Gasteiger partial charge on any atom is 0.423 e. The van der Waals surface area contributed by atoms with E-state index in [0.29, 0.717) is 36.5 Å². The monoisotopic (exact) mass is 782 g/mol. The number of benzene rings is 2. The zero-order valence-corrected chi connectivity index (χ0v) is 31.8. The van der Waals surface area contributed by atoms with Crippen molar-refractivity contribution in [1.29, 1.82) is 0 Å². The van der Waals surface area contributed by atoms with E-state index in [4.69, 9.17) is 88.6 Å². The number of ether oxygens (including phenoxy) is 4. The number of esters is 4. The molecule has 0 saturated heterocycles. The summed E-state index contributed by atoms with van der Waals surface area (Å²) in [5.74, 6) is -4.76. The van der Waals surface area contributed by atoms with Gasteiger partial charge in [-0.3, -0.25) is 0 Å². The zero-order valence-electron chi connectivity index (χ0n) is 27.2. The summed E-state index contributed by atoms with van der Waals surface area (Å²) in [6.07, 6.45) is 3.32. The molecule has 48 heavy (non-hydrogen) atoms. The highest BCUT2D eigenvalue weighted by Crippen LogP contribution is 2.53. The van der Waals surface area contributed by atoms with E-state index < -0.39 is 46.5 Å². The average Bonchev–Trinajstić information content (AvgIpc) is 2.98. The predicted molar refractivity (Wildman–Crippen MR) is 186 cm³/mol. The van der Waals surface area contributed by atoms with Crippen molar-refractivity contribution >= 4 is 93.5 Å².